The van der Waals surface area contributed by atoms with E-state index in [0.29, 0.717) is 6.04 Å². The fourth-order valence-corrected chi connectivity index (χ4v) is 5.19. The number of anilines is 1. The third kappa shape index (κ3) is 3.60. The minimum absolute atomic E-state index is 0.529. The maximum atomic E-state index is 5.59. The molecule has 3 aliphatic rings. The molecule has 3 atom stereocenters. The third-order valence-corrected chi connectivity index (χ3v) is 6.03. The molecule has 0 amide bonds. The van der Waals surface area contributed by atoms with Crippen LogP contribution in [0, 0.1) is 13.8 Å². The average molecular weight is 344 g/mol. The van der Waals surface area contributed by atoms with Crippen LogP contribution in [-0.2, 0) is 0 Å². The number of rotatable bonds is 3. The van der Waals surface area contributed by atoms with Crippen LogP contribution < -0.4 is 10.6 Å². The zero-order valence-electron chi connectivity index (χ0n) is 14.8. The van der Waals surface area contributed by atoms with E-state index in [-0.39, 0.29) is 0 Å². The van der Waals surface area contributed by atoms with Crippen molar-refractivity contribution in [2.45, 2.75) is 83.0 Å². The van der Waals surface area contributed by atoms with E-state index in [1.54, 1.807) is 0 Å². The van der Waals surface area contributed by atoms with Gasteiger partial charge in [0.15, 0.2) is 5.11 Å². The van der Waals surface area contributed by atoms with Crippen LogP contribution in [0.3, 0.4) is 0 Å². The van der Waals surface area contributed by atoms with Gasteiger partial charge in [-0.2, -0.15) is 0 Å². The molecular formula is C20H29N3S. The molecule has 4 heteroatoms. The lowest BCUT2D eigenvalue weighted by molar-refractivity contribution is 0.0209. The van der Waals surface area contributed by atoms with Crippen molar-refractivity contribution in [1.29, 1.82) is 0 Å². The van der Waals surface area contributed by atoms with Crippen molar-refractivity contribution in [1.82, 2.24) is 10.2 Å². The monoisotopic (exact) mass is 343 g/mol. The first-order valence-electron chi connectivity index (χ1n) is 9.52. The fraction of sp³-hybridized carbons (Fsp3) is 0.650. The number of piperidine rings is 2. The predicted octanol–water partition coefficient (Wildman–Crippen LogP) is 4.14. The number of aryl methyl sites for hydroxylation is 2. The van der Waals surface area contributed by atoms with Gasteiger partial charge in [0.05, 0.1) is 0 Å². The van der Waals surface area contributed by atoms with Gasteiger partial charge in [0.1, 0.15) is 0 Å². The zero-order chi connectivity index (χ0) is 16.7. The smallest absolute Gasteiger partial charge is 0.170 e. The van der Waals surface area contributed by atoms with Crippen molar-refractivity contribution >= 4 is 23.0 Å². The van der Waals surface area contributed by atoms with Gasteiger partial charge in [-0.05, 0) is 87.8 Å². The second-order valence-corrected chi connectivity index (χ2v) is 8.47. The summed E-state index contributed by atoms with van der Waals surface area (Å²) in [4.78, 5) is 2.86. The van der Waals surface area contributed by atoms with E-state index in [0.717, 1.165) is 28.9 Å². The van der Waals surface area contributed by atoms with E-state index in [1.165, 1.54) is 56.1 Å². The Morgan fingerprint density at radius 3 is 2.17 bits per heavy atom. The van der Waals surface area contributed by atoms with E-state index in [4.69, 9.17) is 12.2 Å². The van der Waals surface area contributed by atoms with Gasteiger partial charge in [0, 0.05) is 29.9 Å². The van der Waals surface area contributed by atoms with Crippen LogP contribution in [0.15, 0.2) is 18.2 Å². The fourth-order valence-electron chi connectivity index (χ4n) is 4.90. The van der Waals surface area contributed by atoms with Crippen molar-refractivity contribution < 1.29 is 0 Å². The molecule has 3 nitrogen and oxygen atoms in total. The van der Waals surface area contributed by atoms with Crippen molar-refractivity contribution in [3.05, 3.63) is 29.3 Å². The molecule has 2 N–H and O–H groups in total. The normalized spacial score (nSPS) is 30.0. The Morgan fingerprint density at radius 2 is 1.58 bits per heavy atom. The first-order chi connectivity index (χ1) is 11.6. The Bertz CT molecular complexity index is 591. The molecule has 3 fully saturated rings. The quantitative estimate of drug-likeness (QED) is 0.807. The highest BCUT2D eigenvalue weighted by molar-refractivity contribution is 7.80. The molecule has 0 aromatic heterocycles. The lowest BCUT2D eigenvalue weighted by Crippen LogP contribution is -2.57. The van der Waals surface area contributed by atoms with Gasteiger partial charge < -0.3 is 10.6 Å². The maximum absolute atomic E-state index is 5.59. The molecular weight excluding hydrogens is 314 g/mol. The molecule has 2 saturated heterocycles. The van der Waals surface area contributed by atoms with Crippen LogP contribution in [0.2, 0.25) is 0 Å². The number of hydrogen-bond acceptors (Lipinski definition) is 2. The Morgan fingerprint density at radius 1 is 0.958 bits per heavy atom. The molecule has 0 radical (unpaired) electrons. The molecule has 1 unspecified atom stereocenters. The van der Waals surface area contributed by atoms with Gasteiger partial charge in [0.2, 0.25) is 0 Å². The predicted molar refractivity (Wildman–Crippen MR) is 105 cm³/mol. The summed E-state index contributed by atoms with van der Waals surface area (Å²) in [7, 11) is 0. The summed E-state index contributed by atoms with van der Waals surface area (Å²) in [5, 5.41) is 7.78. The lowest BCUT2D eigenvalue weighted by Gasteiger charge is -2.49. The SMILES string of the molecule is Cc1cc(C)cc(NC(=S)NC2C[C@H]3CCC[C@@H](C2)N3C2CC2)c1. The minimum Gasteiger partial charge on any atom is -0.360 e. The molecule has 2 bridgehead atoms. The number of benzene rings is 1. The van der Waals surface area contributed by atoms with Gasteiger partial charge in [-0.25, -0.2) is 0 Å². The molecule has 1 saturated carbocycles. The molecule has 2 aliphatic heterocycles. The van der Waals surface area contributed by atoms with Crippen LogP contribution in [0.1, 0.15) is 56.1 Å². The number of nitrogens with zero attached hydrogens (tertiary/aromatic N) is 1. The van der Waals surface area contributed by atoms with E-state index in [9.17, 15) is 0 Å². The molecule has 4 rings (SSSR count). The van der Waals surface area contributed by atoms with Crippen molar-refractivity contribution in [2.75, 3.05) is 5.32 Å². The minimum atomic E-state index is 0.529. The molecule has 1 aromatic carbocycles. The number of fused-ring (bicyclic) bond motifs is 2. The molecule has 130 valence electrons. The molecule has 1 aromatic rings. The van der Waals surface area contributed by atoms with E-state index >= 15 is 0 Å². The van der Waals surface area contributed by atoms with Crippen molar-refractivity contribution in [3.8, 4) is 0 Å². The molecule has 1 aliphatic carbocycles. The standard InChI is InChI=1S/C20H29N3S/c1-13-8-14(2)10-15(9-13)21-20(24)22-16-11-18-4-3-5-19(12-16)23(18)17-6-7-17/h8-10,16-19H,3-7,11-12H2,1-2H3,(H2,21,22,24)/t16?,18-,19+. The Kier molecular flexibility index (Phi) is 4.52. The van der Waals surface area contributed by atoms with Crippen molar-refractivity contribution in [2.24, 2.45) is 0 Å². The highest BCUT2D eigenvalue weighted by Crippen LogP contribution is 2.41. The summed E-state index contributed by atoms with van der Waals surface area (Å²) >= 11 is 5.59. The van der Waals surface area contributed by atoms with E-state index in [2.05, 4.69) is 47.6 Å². The lowest BCUT2D eigenvalue weighted by atomic mass is 9.81. The van der Waals surface area contributed by atoms with Crippen molar-refractivity contribution in [3.63, 3.8) is 0 Å². The van der Waals surface area contributed by atoms with Crippen LogP contribution in [0.25, 0.3) is 0 Å². The third-order valence-electron chi connectivity index (χ3n) is 5.81. The Balaban J connectivity index is 1.36. The van der Waals surface area contributed by atoms with Crippen LogP contribution in [0.4, 0.5) is 5.69 Å². The van der Waals surface area contributed by atoms with Gasteiger partial charge in [-0.15, -0.1) is 0 Å². The van der Waals surface area contributed by atoms with Crippen LogP contribution >= 0.6 is 12.2 Å². The van der Waals surface area contributed by atoms with E-state index < -0.39 is 0 Å². The topological polar surface area (TPSA) is 27.3 Å². The Hall–Kier alpha value is -1.13. The zero-order valence-corrected chi connectivity index (χ0v) is 15.7. The summed E-state index contributed by atoms with van der Waals surface area (Å²) in [5.74, 6) is 0. The number of hydrogen-bond donors (Lipinski definition) is 2. The summed E-state index contributed by atoms with van der Waals surface area (Å²) in [6, 6.07) is 9.51. The molecule has 24 heavy (non-hydrogen) atoms. The molecule has 2 heterocycles. The van der Waals surface area contributed by atoms with Crippen LogP contribution in [0.5, 0.6) is 0 Å². The molecule has 0 spiro atoms. The number of thiocarbonyl (C=S) groups is 1. The maximum Gasteiger partial charge on any atom is 0.170 e. The summed E-state index contributed by atoms with van der Waals surface area (Å²) in [6.07, 6.45) is 9.53. The second-order valence-electron chi connectivity index (χ2n) is 8.06. The van der Waals surface area contributed by atoms with Gasteiger partial charge in [0.25, 0.3) is 0 Å². The van der Waals surface area contributed by atoms with E-state index in [1.807, 2.05) is 0 Å². The largest absolute Gasteiger partial charge is 0.360 e. The summed E-state index contributed by atoms with van der Waals surface area (Å²) in [5.41, 5.74) is 3.64. The second kappa shape index (κ2) is 6.64. The number of nitrogens with one attached hydrogen (secondary N) is 2. The van der Waals surface area contributed by atoms with Gasteiger partial charge in [-0.3, -0.25) is 4.90 Å². The average Bonchev–Trinajstić information content (AvgIpc) is 3.29. The Labute approximate surface area is 151 Å². The summed E-state index contributed by atoms with van der Waals surface area (Å²) in [6.45, 7) is 4.26. The highest BCUT2D eigenvalue weighted by Gasteiger charge is 2.44. The summed E-state index contributed by atoms with van der Waals surface area (Å²) < 4.78 is 0. The first kappa shape index (κ1) is 16.3. The first-order valence-corrected chi connectivity index (χ1v) is 9.92. The van der Waals surface area contributed by atoms with Gasteiger partial charge >= 0.3 is 0 Å². The van der Waals surface area contributed by atoms with Crippen LogP contribution in [-0.4, -0.2) is 34.2 Å². The van der Waals surface area contributed by atoms with Gasteiger partial charge in [-0.1, -0.05) is 12.5 Å². The highest BCUT2D eigenvalue weighted by atomic mass is 32.1.